The van der Waals surface area contributed by atoms with Crippen molar-refractivity contribution < 1.29 is 14.6 Å². The van der Waals surface area contributed by atoms with Gasteiger partial charge in [0.15, 0.2) is 5.96 Å². The van der Waals surface area contributed by atoms with Crippen LogP contribution >= 0.6 is 11.6 Å². The number of aliphatic imine (C=N–C) groups is 1. The summed E-state index contributed by atoms with van der Waals surface area (Å²) in [5, 5.41) is 17.2. The van der Waals surface area contributed by atoms with Crippen molar-refractivity contribution in [1.82, 2.24) is 10.6 Å². The number of ether oxygens (including phenoxy) is 2. The summed E-state index contributed by atoms with van der Waals surface area (Å²) in [7, 11) is 3.23. The van der Waals surface area contributed by atoms with Gasteiger partial charge in [0.1, 0.15) is 11.5 Å². The fourth-order valence-corrected chi connectivity index (χ4v) is 2.80. The standard InChI is InChI=1S/C20H26ClN3O3/c1-4-22-20(24-13-18(25)16-7-5-6-8-17(16)21)23-12-14-9-10-15(26-2)11-19(14)27-3/h5-11,18,25H,4,12-13H2,1-3H3,(H2,22,23,24). The van der Waals surface area contributed by atoms with E-state index in [0.29, 0.717) is 35.4 Å². The number of hydrogen-bond donors (Lipinski definition) is 3. The number of nitrogens with zero attached hydrogens (tertiary/aromatic N) is 1. The van der Waals surface area contributed by atoms with Crippen molar-refractivity contribution in [2.75, 3.05) is 27.3 Å². The molecule has 2 rings (SSSR count). The molecule has 6 nitrogen and oxygen atoms in total. The first kappa shape index (κ1) is 20.9. The zero-order chi connectivity index (χ0) is 19.6. The van der Waals surface area contributed by atoms with E-state index in [1.165, 1.54) is 0 Å². The molecule has 0 aliphatic heterocycles. The molecule has 0 heterocycles. The van der Waals surface area contributed by atoms with Crippen molar-refractivity contribution >= 4 is 17.6 Å². The highest BCUT2D eigenvalue weighted by molar-refractivity contribution is 6.31. The molecule has 2 aromatic rings. The Hall–Kier alpha value is -2.44. The molecule has 0 bridgehead atoms. The average Bonchev–Trinajstić information content (AvgIpc) is 2.70. The Morgan fingerprint density at radius 3 is 2.59 bits per heavy atom. The van der Waals surface area contributed by atoms with E-state index in [4.69, 9.17) is 21.1 Å². The molecule has 0 amide bonds. The van der Waals surface area contributed by atoms with Gasteiger partial charge in [-0.3, -0.25) is 0 Å². The average molecular weight is 392 g/mol. The smallest absolute Gasteiger partial charge is 0.191 e. The second-order valence-electron chi connectivity index (χ2n) is 5.79. The van der Waals surface area contributed by atoms with Crippen molar-refractivity contribution in [2.24, 2.45) is 4.99 Å². The number of hydrogen-bond acceptors (Lipinski definition) is 4. The van der Waals surface area contributed by atoms with Crippen LogP contribution in [-0.2, 0) is 6.54 Å². The lowest BCUT2D eigenvalue weighted by Crippen LogP contribution is -2.39. The summed E-state index contributed by atoms with van der Waals surface area (Å²) >= 11 is 6.14. The fraction of sp³-hybridized carbons (Fsp3) is 0.350. The Balaban J connectivity index is 2.05. The quantitative estimate of drug-likeness (QED) is 0.476. The number of aliphatic hydroxyl groups excluding tert-OH is 1. The maximum Gasteiger partial charge on any atom is 0.191 e. The highest BCUT2D eigenvalue weighted by atomic mass is 35.5. The van der Waals surface area contributed by atoms with Crippen molar-refractivity contribution in [2.45, 2.75) is 19.6 Å². The molecule has 0 aliphatic rings. The van der Waals surface area contributed by atoms with Gasteiger partial charge in [-0.1, -0.05) is 29.8 Å². The molecule has 1 atom stereocenters. The number of nitrogens with one attached hydrogen (secondary N) is 2. The SMILES string of the molecule is CCNC(=NCc1ccc(OC)cc1OC)NCC(O)c1ccccc1Cl. The van der Waals surface area contributed by atoms with Crippen molar-refractivity contribution in [3.63, 3.8) is 0 Å². The van der Waals surface area contributed by atoms with Gasteiger partial charge in [0.25, 0.3) is 0 Å². The molecule has 1 unspecified atom stereocenters. The highest BCUT2D eigenvalue weighted by Crippen LogP contribution is 2.25. The molecule has 0 saturated heterocycles. The van der Waals surface area contributed by atoms with Gasteiger partial charge in [-0.05, 0) is 25.1 Å². The van der Waals surface area contributed by atoms with Crippen LogP contribution < -0.4 is 20.1 Å². The summed E-state index contributed by atoms with van der Waals surface area (Å²) in [5.41, 5.74) is 1.61. The van der Waals surface area contributed by atoms with Gasteiger partial charge in [0.05, 0.1) is 26.9 Å². The largest absolute Gasteiger partial charge is 0.497 e. The first-order valence-electron chi connectivity index (χ1n) is 8.74. The lowest BCUT2D eigenvalue weighted by Gasteiger charge is -2.16. The molecule has 2 aromatic carbocycles. The van der Waals surface area contributed by atoms with Gasteiger partial charge < -0.3 is 25.2 Å². The molecule has 0 saturated carbocycles. The number of halogens is 1. The minimum Gasteiger partial charge on any atom is -0.497 e. The van der Waals surface area contributed by atoms with Crippen LogP contribution in [0.25, 0.3) is 0 Å². The minimum atomic E-state index is -0.738. The van der Waals surface area contributed by atoms with Gasteiger partial charge in [0.2, 0.25) is 0 Å². The molecule has 0 radical (unpaired) electrons. The molecule has 7 heteroatoms. The minimum absolute atomic E-state index is 0.287. The summed E-state index contributed by atoms with van der Waals surface area (Å²) in [5.74, 6) is 2.04. The van der Waals surface area contributed by atoms with Gasteiger partial charge >= 0.3 is 0 Å². The summed E-state index contributed by atoms with van der Waals surface area (Å²) in [6, 6.07) is 12.9. The van der Waals surface area contributed by atoms with E-state index in [2.05, 4.69) is 15.6 Å². The number of methoxy groups -OCH3 is 2. The molecule has 0 spiro atoms. The monoisotopic (exact) mass is 391 g/mol. The van der Waals surface area contributed by atoms with E-state index >= 15 is 0 Å². The molecular formula is C20H26ClN3O3. The topological polar surface area (TPSA) is 75.1 Å². The van der Waals surface area contributed by atoms with Crippen LogP contribution in [0, 0.1) is 0 Å². The molecule has 27 heavy (non-hydrogen) atoms. The fourth-order valence-electron chi connectivity index (χ4n) is 2.54. The normalized spacial score (nSPS) is 12.4. The lowest BCUT2D eigenvalue weighted by molar-refractivity contribution is 0.181. The molecule has 0 fully saturated rings. The molecule has 146 valence electrons. The number of benzene rings is 2. The van der Waals surface area contributed by atoms with E-state index in [0.717, 1.165) is 11.3 Å². The number of aliphatic hydroxyl groups is 1. The van der Waals surface area contributed by atoms with Crippen LogP contribution in [0.5, 0.6) is 11.5 Å². The summed E-state index contributed by atoms with van der Waals surface area (Å²) in [6.45, 7) is 3.39. The summed E-state index contributed by atoms with van der Waals surface area (Å²) in [4.78, 5) is 4.57. The maximum absolute atomic E-state index is 10.4. The Morgan fingerprint density at radius 1 is 1.15 bits per heavy atom. The van der Waals surface area contributed by atoms with E-state index in [9.17, 15) is 5.11 Å². The van der Waals surface area contributed by atoms with E-state index in [-0.39, 0.29) is 6.54 Å². The van der Waals surface area contributed by atoms with Crippen molar-refractivity contribution in [3.8, 4) is 11.5 Å². The number of guanidine groups is 1. The second kappa shape index (κ2) is 10.6. The summed E-state index contributed by atoms with van der Waals surface area (Å²) < 4.78 is 10.6. The predicted molar refractivity (Wildman–Crippen MR) is 109 cm³/mol. The van der Waals surface area contributed by atoms with Crippen LogP contribution in [-0.4, -0.2) is 38.4 Å². The van der Waals surface area contributed by atoms with Crippen molar-refractivity contribution in [1.29, 1.82) is 0 Å². The Morgan fingerprint density at radius 2 is 1.93 bits per heavy atom. The van der Waals surface area contributed by atoms with Crippen LogP contribution in [0.2, 0.25) is 5.02 Å². The van der Waals surface area contributed by atoms with Crippen LogP contribution in [0.4, 0.5) is 0 Å². The van der Waals surface area contributed by atoms with Gasteiger partial charge in [-0.2, -0.15) is 0 Å². The van der Waals surface area contributed by atoms with Crippen LogP contribution in [0.1, 0.15) is 24.2 Å². The molecule has 0 aromatic heterocycles. The zero-order valence-electron chi connectivity index (χ0n) is 15.8. The molecule has 0 aliphatic carbocycles. The van der Waals surface area contributed by atoms with Gasteiger partial charge in [0, 0.05) is 35.3 Å². The van der Waals surface area contributed by atoms with Crippen LogP contribution in [0.3, 0.4) is 0 Å². The third-order valence-corrected chi connectivity index (χ3v) is 4.32. The predicted octanol–water partition coefficient (Wildman–Crippen LogP) is 3.15. The second-order valence-corrected chi connectivity index (χ2v) is 6.20. The molecular weight excluding hydrogens is 366 g/mol. The molecule has 3 N–H and O–H groups in total. The Bertz CT molecular complexity index is 768. The number of rotatable bonds is 8. The van der Waals surface area contributed by atoms with Gasteiger partial charge in [-0.15, -0.1) is 0 Å². The third-order valence-electron chi connectivity index (χ3n) is 3.97. The first-order valence-corrected chi connectivity index (χ1v) is 9.12. The Labute approximate surface area is 165 Å². The van der Waals surface area contributed by atoms with Crippen LogP contribution in [0.15, 0.2) is 47.5 Å². The van der Waals surface area contributed by atoms with E-state index < -0.39 is 6.10 Å². The van der Waals surface area contributed by atoms with Crippen molar-refractivity contribution in [3.05, 3.63) is 58.6 Å². The van der Waals surface area contributed by atoms with E-state index in [1.54, 1.807) is 26.4 Å². The first-order chi connectivity index (χ1) is 13.1. The Kier molecular flexibility index (Phi) is 8.23. The zero-order valence-corrected chi connectivity index (χ0v) is 16.6. The maximum atomic E-state index is 10.4. The van der Waals surface area contributed by atoms with Gasteiger partial charge in [-0.25, -0.2) is 4.99 Å². The summed E-state index contributed by atoms with van der Waals surface area (Å²) in [6.07, 6.45) is -0.738. The highest BCUT2D eigenvalue weighted by Gasteiger charge is 2.12. The third kappa shape index (κ3) is 6.05. The lowest BCUT2D eigenvalue weighted by atomic mass is 10.1. The van der Waals surface area contributed by atoms with E-state index in [1.807, 2.05) is 37.3 Å².